The SMILES string of the molecule is CC[C@@H](C)C1O[C@](C)(OCCCCCN(C)C)C[C@@H](C)[C@H]1C. The normalized spacial score (nSPS) is 34.1. The Morgan fingerprint density at radius 1 is 1.23 bits per heavy atom. The highest BCUT2D eigenvalue weighted by atomic mass is 16.7. The fourth-order valence-corrected chi connectivity index (χ4v) is 3.49. The van der Waals surface area contributed by atoms with Crippen molar-refractivity contribution in [3.63, 3.8) is 0 Å². The average molecular weight is 314 g/mol. The van der Waals surface area contributed by atoms with Gasteiger partial charge in [0.2, 0.25) is 0 Å². The number of hydrogen-bond donors (Lipinski definition) is 0. The molecule has 1 rings (SSSR count). The molecule has 0 radical (unpaired) electrons. The highest BCUT2D eigenvalue weighted by Crippen LogP contribution is 2.40. The second-order valence-electron chi connectivity index (χ2n) is 7.85. The van der Waals surface area contributed by atoms with Gasteiger partial charge in [-0.25, -0.2) is 0 Å². The molecule has 1 heterocycles. The van der Waals surface area contributed by atoms with E-state index >= 15 is 0 Å². The maximum Gasteiger partial charge on any atom is 0.166 e. The molecule has 0 aromatic carbocycles. The monoisotopic (exact) mass is 313 g/mol. The van der Waals surface area contributed by atoms with Gasteiger partial charge in [-0.2, -0.15) is 0 Å². The Bertz CT molecular complexity index is 308. The van der Waals surface area contributed by atoms with Crippen LogP contribution in [-0.4, -0.2) is 44.0 Å². The summed E-state index contributed by atoms with van der Waals surface area (Å²) in [5, 5.41) is 0. The van der Waals surface area contributed by atoms with Gasteiger partial charge in [-0.3, -0.25) is 0 Å². The second-order valence-corrected chi connectivity index (χ2v) is 7.85. The van der Waals surface area contributed by atoms with Crippen molar-refractivity contribution in [2.45, 2.75) is 78.6 Å². The first kappa shape index (κ1) is 19.9. The summed E-state index contributed by atoms with van der Waals surface area (Å²) < 4.78 is 12.6. The van der Waals surface area contributed by atoms with Gasteiger partial charge in [0, 0.05) is 6.42 Å². The molecule has 5 atom stereocenters. The molecule has 1 saturated heterocycles. The number of rotatable bonds is 9. The van der Waals surface area contributed by atoms with Crippen LogP contribution < -0.4 is 0 Å². The summed E-state index contributed by atoms with van der Waals surface area (Å²) in [6, 6.07) is 0. The van der Waals surface area contributed by atoms with E-state index in [-0.39, 0.29) is 5.79 Å². The summed E-state index contributed by atoms with van der Waals surface area (Å²) in [5.41, 5.74) is 0. The number of unbranched alkanes of at least 4 members (excludes halogenated alkanes) is 2. The fourth-order valence-electron chi connectivity index (χ4n) is 3.49. The largest absolute Gasteiger partial charge is 0.350 e. The maximum absolute atomic E-state index is 6.42. The number of nitrogens with zero attached hydrogens (tertiary/aromatic N) is 1. The predicted octanol–water partition coefficient (Wildman–Crippen LogP) is 4.56. The zero-order chi connectivity index (χ0) is 16.8. The molecule has 0 bridgehead atoms. The molecule has 3 nitrogen and oxygen atoms in total. The Morgan fingerprint density at radius 3 is 2.50 bits per heavy atom. The molecule has 0 aromatic rings. The predicted molar refractivity (Wildman–Crippen MR) is 94.0 cm³/mol. The quantitative estimate of drug-likeness (QED) is 0.583. The molecule has 1 aliphatic rings. The van der Waals surface area contributed by atoms with Crippen LogP contribution in [0.25, 0.3) is 0 Å². The van der Waals surface area contributed by atoms with Gasteiger partial charge < -0.3 is 14.4 Å². The first-order valence-electron chi connectivity index (χ1n) is 9.25. The van der Waals surface area contributed by atoms with Crippen molar-refractivity contribution in [1.82, 2.24) is 4.90 Å². The van der Waals surface area contributed by atoms with Crippen LogP contribution in [0.4, 0.5) is 0 Å². The molecule has 0 aliphatic carbocycles. The third-order valence-corrected chi connectivity index (χ3v) is 5.36. The van der Waals surface area contributed by atoms with E-state index in [9.17, 15) is 0 Å². The fraction of sp³-hybridized carbons (Fsp3) is 1.00. The summed E-state index contributed by atoms with van der Waals surface area (Å²) in [4.78, 5) is 2.24. The van der Waals surface area contributed by atoms with Crippen molar-refractivity contribution in [3.05, 3.63) is 0 Å². The zero-order valence-corrected chi connectivity index (χ0v) is 16.0. The van der Waals surface area contributed by atoms with Crippen molar-refractivity contribution >= 4 is 0 Å². The van der Waals surface area contributed by atoms with E-state index in [0.717, 1.165) is 19.4 Å². The lowest BCUT2D eigenvalue weighted by Gasteiger charge is -2.47. The van der Waals surface area contributed by atoms with Gasteiger partial charge in [0.05, 0.1) is 12.7 Å². The zero-order valence-electron chi connectivity index (χ0n) is 16.0. The van der Waals surface area contributed by atoms with E-state index in [0.29, 0.717) is 23.9 Å². The lowest BCUT2D eigenvalue weighted by atomic mass is 9.78. The minimum Gasteiger partial charge on any atom is -0.350 e. The van der Waals surface area contributed by atoms with Gasteiger partial charge in [-0.1, -0.05) is 34.1 Å². The molecule has 0 spiro atoms. The highest BCUT2D eigenvalue weighted by molar-refractivity contribution is 4.86. The van der Waals surface area contributed by atoms with Gasteiger partial charge in [-0.05, 0) is 64.6 Å². The average Bonchev–Trinajstić information content (AvgIpc) is 2.45. The van der Waals surface area contributed by atoms with Crippen molar-refractivity contribution < 1.29 is 9.47 Å². The third-order valence-electron chi connectivity index (χ3n) is 5.36. The van der Waals surface area contributed by atoms with Gasteiger partial charge >= 0.3 is 0 Å². The highest BCUT2D eigenvalue weighted by Gasteiger charge is 2.43. The second kappa shape index (κ2) is 9.24. The summed E-state index contributed by atoms with van der Waals surface area (Å²) in [7, 11) is 4.26. The van der Waals surface area contributed by atoms with Crippen molar-refractivity contribution in [2.75, 3.05) is 27.2 Å². The molecule has 0 saturated carbocycles. The molecule has 0 N–H and O–H groups in total. The van der Waals surface area contributed by atoms with Gasteiger partial charge in [0.25, 0.3) is 0 Å². The lowest BCUT2D eigenvalue weighted by Crippen LogP contribution is -2.50. The molecule has 132 valence electrons. The van der Waals surface area contributed by atoms with Crippen LogP contribution >= 0.6 is 0 Å². The van der Waals surface area contributed by atoms with Crippen molar-refractivity contribution in [1.29, 1.82) is 0 Å². The van der Waals surface area contributed by atoms with Crippen LogP contribution in [-0.2, 0) is 9.47 Å². The smallest absolute Gasteiger partial charge is 0.166 e. The number of ether oxygens (including phenoxy) is 2. The summed E-state index contributed by atoms with van der Waals surface area (Å²) in [6.45, 7) is 13.4. The lowest BCUT2D eigenvalue weighted by molar-refractivity contribution is -0.299. The molecule has 3 heteroatoms. The summed E-state index contributed by atoms with van der Waals surface area (Å²) in [5.74, 6) is 1.49. The standard InChI is InChI=1S/C19H39NO2/c1-8-15(2)18-17(4)16(3)14-19(5,22-18)21-13-11-9-10-12-20(6)7/h15-18H,8-14H2,1-7H3/t15-,16-,17-,18?,19+/m1/s1. The summed E-state index contributed by atoms with van der Waals surface area (Å²) >= 11 is 0. The van der Waals surface area contributed by atoms with E-state index in [4.69, 9.17) is 9.47 Å². The van der Waals surface area contributed by atoms with Crippen LogP contribution in [0.2, 0.25) is 0 Å². The Labute approximate surface area is 138 Å². The molecular weight excluding hydrogens is 274 g/mol. The Balaban J connectivity index is 2.40. The molecule has 0 amide bonds. The van der Waals surface area contributed by atoms with Crippen LogP contribution in [0, 0.1) is 17.8 Å². The van der Waals surface area contributed by atoms with Gasteiger partial charge in [-0.15, -0.1) is 0 Å². The van der Waals surface area contributed by atoms with Crippen LogP contribution in [0.1, 0.15) is 66.7 Å². The van der Waals surface area contributed by atoms with Gasteiger partial charge in [0.1, 0.15) is 0 Å². The Kier molecular flexibility index (Phi) is 8.37. The van der Waals surface area contributed by atoms with E-state index in [2.05, 4.69) is 53.6 Å². The minimum absolute atomic E-state index is 0.326. The molecule has 1 unspecified atom stereocenters. The first-order valence-corrected chi connectivity index (χ1v) is 9.25. The van der Waals surface area contributed by atoms with Crippen LogP contribution in [0.3, 0.4) is 0 Å². The maximum atomic E-state index is 6.42. The molecule has 1 fully saturated rings. The number of hydrogen-bond acceptors (Lipinski definition) is 3. The van der Waals surface area contributed by atoms with Crippen molar-refractivity contribution in [2.24, 2.45) is 17.8 Å². The van der Waals surface area contributed by atoms with E-state index < -0.39 is 0 Å². The molecule has 0 aromatic heterocycles. The van der Waals surface area contributed by atoms with E-state index in [1.165, 1.54) is 25.8 Å². The van der Waals surface area contributed by atoms with Crippen LogP contribution in [0.15, 0.2) is 0 Å². The van der Waals surface area contributed by atoms with E-state index in [1.807, 2.05) is 0 Å². The van der Waals surface area contributed by atoms with Crippen LogP contribution in [0.5, 0.6) is 0 Å². The summed E-state index contributed by atoms with van der Waals surface area (Å²) in [6.07, 6.45) is 6.12. The van der Waals surface area contributed by atoms with Gasteiger partial charge in [0.15, 0.2) is 5.79 Å². The molecule has 1 aliphatic heterocycles. The van der Waals surface area contributed by atoms with E-state index in [1.54, 1.807) is 0 Å². The van der Waals surface area contributed by atoms with Crippen molar-refractivity contribution in [3.8, 4) is 0 Å². The third kappa shape index (κ3) is 6.17. The molecule has 22 heavy (non-hydrogen) atoms. The minimum atomic E-state index is -0.387. The Hall–Kier alpha value is -0.120. The first-order chi connectivity index (χ1) is 10.3. The molecular formula is C19H39NO2. The Morgan fingerprint density at radius 2 is 1.91 bits per heavy atom. The topological polar surface area (TPSA) is 21.7 Å².